The Morgan fingerprint density at radius 3 is 2.62 bits per heavy atom. The number of nitrogens with zero attached hydrogens (tertiary/aromatic N) is 1. The van der Waals surface area contributed by atoms with Crippen LogP contribution in [0.2, 0.25) is 0 Å². The molecule has 8 nitrogen and oxygen atoms in total. The van der Waals surface area contributed by atoms with Crippen molar-refractivity contribution in [2.75, 3.05) is 18.5 Å². The van der Waals surface area contributed by atoms with Gasteiger partial charge in [0.2, 0.25) is 11.8 Å². The molecule has 2 amide bonds. The summed E-state index contributed by atoms with van der Waals surface area (Å²) in [5, 5.41) is 12.9. The molecule has 0 aliphatic carbocycles. The molecule has 3 saturated heterocycles. The van der Waals surface area contributed by atoms with Crippen molar-refractivity contribution in [2.24, 2.45) is 11.8 Å². The number of fused-ring (bicyclic) bond motifs is 1. The van der Waals surface area contributed by atoms with Gasteiger partial charge in [0.25, 0.3) is 0 Å². The highest BCUT2D eigenvalue weighted by atomic mass is 79.9. The molecule has 1 aromatic rings. The molecule has 3 heterocycles. The van der Waals surface area contributed by atoms with E-state index in [0.29, 0.717) is 12.1 Å². The summed E-state index contributed by atoms with van der Waals surface area (Å²) >= 11 is 3.60. The van der Waals surface area contributed by atoms with Gasteiger partial charge in [0.15, 0.2) is 0 Å². The molecule has 2 bridgehead atoms. The first-order valence-corrected chi connectivity index (χ1v) is 11.9. The minimum Gasteiger partial charge on any atom is -0.466 e. The lowest BCUT2D eigenvalue weighted by atomic mass is 9.70. The molecule has 0 aromatic heterocycles. The summed E-state index contributed by atoms with van der Waals surface area (Å²) in [6, 6.07) is 4.12. The number of alkyl halides is 1. The molecule has 1 spiro atoms. The third kappa shape index (κ3) is 3.28. The van der Waals surface area contributed by atoms with Crippen LogP contribution in [0.4, 0.5) is 5.69 Å². The number of hydrogen-bond acceptors (Lipinski definition) is 6. The second-order valence-electron chi connectivity index (χ2n) is 8.95. The third-order valence-electron chi connectivity index (χ3n) is 7.00. The van der Waals surface area contributed by atoms with Crippen molar-refractivity contribution in [3.8, 4) is 0 Å². The van der Waals surface area contributed by atoms with E-state index < -0.39 is 41.6 Å². The van der Waals surface area contributed by atoms with Gasteiger partial charge >= 0.3 is 5.97 Å². The van der Waals surface area contributed by atoms with Crippen LogP contribution in [-0.2, 0) is 23.9 Å². The smallest absolute Gasteiger partial charge is 0.312 e. The number of anilines is 1. The van der Waals surface area contributed by atoms with Crippen molar-refractivity contribution in [3.05, 3.63) is 29.3 Å². The highest BCUT2D eigenvalue weighted by Crippen LogP contribution is 2.60. The molecule has 1 aromatic carbocycles. The number of nitrogens with one attached hydrogen (secondary N) is 1. The summed E-state index contributed by atoms with van der Waals surface area (Å²) in [5.74, 6) is -2.86. The average Bonchev–Trinajstić information content (AvgIpc) is 3.33. The summed E-state index contributed by atoms with van der Waals surface area (Å²) < 4.78 is 11.6. The number of likely N-dealkylation sites (tertiary alicyclic amines) is 1. The van der Waals surface area contributed by atoms with E-state index in [2.05, 4.69) is 21.2 Å². The van der Waals surface area contributed by atoms with Gasteiger partial charge in [0.05, 0.1) is 37.2 Å². The van der Waals surface area contributed by atoms with E-state index in [1.165, 1.54) is 4.90 Å². The van der Waals surface area contributed by atoms with Gasteiger partial charge in [-0.15, -0.1) is 0 Å². The molecule has 4 rings (SSSR count). The fourth-order valence-electron chi connectivity index (χ4n) is 5.64. The van der Waals surface area contributed by atoms with Gasteiger partial charge in [-0.25, -0.2) is 0 Å². The molecule has 3 fully saturated rings. The number of hydrogen-bond donors (Lipinski definition) is 2. The van der Waals surface area contributed by atoms with Gasteiger partial charge in [-0.2, -0.15) is 0 Å². The van der Waals surface area contributed by atoms with Crippen LogP contribution < -0.4 is 5.32 Å². The van der Waals surface area contributed by atoms with Crippen molar-refractivity contribution < 1.29 is 29.0 Å². The number of amides is 2. The van der Waals surface area contributed by atoms with Crippen LogP contribution in [0.1, 0.15) is 31.4 Å². The molecular formula is C23H29BrN2O6. The van der Waals surface area contributed by atoms with Crippen molar-refractivity contribution in [3.63, 3.8) is 0 Å². The van der Waals surface area contributed by atoms with Gasteiger partial charge in [-0.1, -0.05) is 34.1 Å². The first kappa shape index (κ1) is 23.2. The maximum absolute atomic E-state index is 13.7. The molecule has 1 unspecified atom stereocenters. The largest absolute Gasteiger partial charge is 0.466 e. The topological polar surface area (TPSA) is 105 Å². The molecule has 174 valence electrons. The van der Waals surface area contributed by atoms with Crippen LogP contribution in [0.3, 0.4) is 0 Å². The second-order valence-corrected chi connectivity index (χ2v) is 10.1. The van der Waals surface area contributed by atoms with E-state index in [1.54, 1.807) is 13.8 Å². The first-order chi connectivity index (χ1) is 15.2. The average molecular weight is 509 g/mol. The predicted molar refractivity (Wildman–Crippen MR) is 120 cm³/mol. The van der Waals surface area contributed by atoms with Crippen LogP contribution >= 0.6 is 15.9 Å². The molecule has 32 heavy (non-hydrogen) atoms. The zero-order valence-corrected chi connectivity index (χ0v) is 20.2. The van der Waals surface area contributed by atoms with Crippen LogP contribution in [0.15, 0.2) is 18.2 Å². The number of benzene rings is 1. The lowest BCUT2D eigenvalue weighted by molar-refractivity contribution is -0.155. The summed E-state index contributed by atoms with van der Waals surface area (Å²) in [5.41, 5.74) is 1.32. The quantitative estimate of drug-likeness (QED) is 0.449. The Morgan fingerprint density at radius 2 is 2.03 bits per heavy atom. The van der Waals surface area contributed by atoms with E-state index in [1.807, 2.05) is 32.0 Å². The molecule has 2 N–H and O–H groups in total. The Labute approximate surface area is 195 Å². The molecule has 3 aliphatic rings. The fraction of sp³-hybridized carbons (Fsp3) is 0.609. The predicted octanol–water partition coefficient (Wildman–Crippen LogP) is 1.93. The second kappa shape index (κ2) is 8.43. The SMILES string of the molecule is CCOC(=O)[C@@H]1[C@H]2O[C@@]3(CC2Br)[C@H](C(=O)Nc2c(C)cccc2C)N([C@H](C)CO)C(=O)[C@@H]13. The van der Waals surface area contributed by atoms with E-state index in [4.69, 9.17) is 9.47 Å². The number of carbonyl (C=O) groups is 3. The number of aliphatic hydroxyl groups excluding tert-OH is 1. The molecule has 9 heteroatoms. The maximum Gasteiger partial charge on any atom is 0.312 e. The van der Waals surface area contributed by atoms with E-state index in [0.717, 1.165) is 11.1 Å². The number of aryl methyl sites for hydroxylation is 2. The third-order valence-corrected chi connectivity index (χ3v) is 7.85. The molecule has 3 aliphatic heterocycles. The van der Waals surface area contributed by atoms with Gasteiger partial charge in [0.1, 0.15) is 11.6 Å². The lowest BCUT2D eigenvalue weighted by Crippen LogP contribution is -2.56. The number of carbonyl (C=O) groups excluding carboxylic acids is 3. The Hall–Kier alpha value is -1.97. The number of esters is 1. The minimum atomic E-state index is -1.17. The molecule has 7 atom stereocenters. The van der Waals surface area contributed by atoms with Gasteiger partial charge in [-0.05, 0) is 45.2 Å². The van der Waals surface area contributed by atoms with Gasteiger partial charge in [0, 0.05) is 10.5 Å². The van der Waals surface area contributed by atoms with Crippen molar-refractivity contribution in [1.82, 2.24) is 4.90 Å². The Balaban J connectivity index is 1.77. The van der Waals surface area contributed by atoms with Crippen molar-refractivity contribution >= 4 is 39.4 Å². The molecular weight excluding hydrogens is 480 g/mol. The first-order valence-electron chi connectivity index (χ1n) is 11.0. The zero-order valence-electron chi connectivity index (χ0n) is 18.6. The zero-order chi connectivity index (χ0) is 23.4. The summed E-state index contributed by atoms with van der Waals surface area (Å²) in [6.07, 6.45) is -0.145. The Kier molecular flexibility index (Phi) is 6.11. The fourth-order valence-corrected chi connectivity index (χ4v) is 6.58. The normalized spacial score (nSPS) is 33.9. The van der Waals surface area contributed by atoms with Crippen molar-refractivity contribution in [2.45, 2.75) is 62.7 Å². The summed E-state index contributed by atoms with van der Waals surface area (Å²) in [4.78, 5) is 41.4. The highest BCUT2D eigenvalue weighted by Gasteiger charge is 2.77. The maximum atomic E-state index is 13.7. The monoisotopic (exact) mass is 508 g/mol. The molecule has 0 radical (unpaired) electrons. The Bertz CT molecular complexity index is 934. The van der Waals surface area contributed by atoms with Gasteiger partial charge < -0.3 is 24.8 Å². The van der Waals surface area contributed by atoms with Crippen molar-refractivity contribution in [1.29, 1.82) is 0 Å². The van der Waals surface area contributed by atoms with E-state index in [-0.39, 0.29) is 29.9 Å². The standard InChI is InChI=1S/C23H29BrN2O6/c1-5-31-22(30)15-16-21(29)26(13(4)10-27)19(23(16)9-14(24)18(15)32-23)20(28)25-17-11(2)7-6-8-12(17)3/h6-8,13-16,18-19,27H,5,9-10H2,1-4H3,(H,25,28)/t13-,14?,15+,16-,18+,19+,23-/m1/s1. The van der Waals surface area contributed by atoms with Crippen LogP contribution in [0.25, 0.3) is 0 Å². The van der Waals surface area contributed by atoms with Crippen LogP contribution in [0.5, 0.6) is 0 Å². The highest BCUT2D eigenvalue weighted by molar-refractivity contribution is 9.09. The summed E-state index contributed by atoms with van der Waals surface area (Å²) in [6.45, 7) is 7.08. The number of para-hydroxylation sites is 1. The van der Waals surface area contributed by atoms with Crippen LogP contribution in [0, 0.1) is 25.7 Å². The van der Waals surface area contributed by atoms with E-state index in [9.17, 15) is 19.5 Å². The van der Waals surface area contributed by atoms with E-state index >= 15 is 0 Å². The Morgan fingerprint density at radius 1 is 1.38 bits per heavy atom. The van der Waals surface area contributed by atoms with Crippen LogP contribution in [-0.4, -0.2) is 69.6 Å². The lowest BCUT2D eigenvalue weighted by Gasteiger charge is -2.36. The summed E-state index contributed by atoms with van der Waals surface area (Å²) in [7, 11) is 0. The number of ether oxygens (including phenoxy) is 2. The van der Waals surface area contributed by atoms with Gasteiger partial charge in [-0.3, -0.25) is 14.4 Å². The number of aliphatic hydroxyl groups is 1. The number of halogens is 1. The molecule has 0 saturated carbocycles. The number of rotatable bonds is 6. The minimum absolute atomic E-state index is 0.191.